The van der Waals surface area contributed by atoms with Gasteiger partial charge < -0.3 is 4.74 Å². The average molecular weight is 315 g/mol. The van der Waals surface area contributed by atoms with Gasteiger partial charge in [-0.2, -0.15) is 0 Å². The molecule has 2 nitrogen and oxygen atoms in total. The smallest absolute Gasteiger partial charge is 0.252 e. The molecule has 0 N–H and O–H groups in total. The second kappa shape index (κ2) is 10.6. The first kappa shape index (κ1) is 18.0. The quantitative estimate of drug-likeness (QED) is 0.385. The lowest BCUT2D eigenvalue weighted by atomic mass is 10.1. The van der Waals surface area contributed by atoms with Crippen LogP contribution in [-0.2, 0) is 0 Å². The van der Waals surface area contributed by atoms with Crippen molar-refractivity contribution in [1.82, 2.24) is 0 Å². The summed E-state index contributed by atoms with van der Waals surface area (Å²) in [4.78, 5) is 10.9. The molecule has 4 heteroatoms. The molecule has 21 heavy (non-hydrogen) atoms. The number of rotatable bonds is 11. The van der Waals surface area contributed by atoms with E-state index >= 15 is 0 Å². The van der Waals surface area contributed by atoms with Gasteiger partial charge in [0.15, 0.2) is 11.6 Å². The molecule has 0 fully saturated rings. The van der Waals surface area contributed by atoms with Crippen LogP contribution in [0.1, 0.15) is 68.6 Å². The molecule has 0 bridgehead atoms. The maximum atomic E-state index is 13.6. The molecule has 0 aliphatic carbocycles. The molecule has 0 aliphatic heterocycles. The summed E-state index contributed by atoms with van der Waals surface area (Å²) in [6, 6.07) is 4.04. The molecule has 0 saturated heterocycles. The monoisotopic (exact) mass is 314 g/mol. The van der Waals surface area contributed by atoms with Crippen LogP contribution >= 0.6 is 11.6 Å². The van der Waals surface area contributed by atoms with E-state index in [9.17, 15) is 9.18 Å². The maximum Gasteiger partial charge on any atom is 0.252 e. The van der Waals surface area contributed by atoms with Crippen molar-refractivity contribution in [3.8, 4) is 5.75 Å². The molecule has 1 aromatic carbocycles. The number of unbranched alkanes of at least 4 members (excludes halogenated alkanes) is 7. The maximum absolute atomic E-state index is 13.6. The van der Waals surface area contributed by atoms with E-state index < -0.39 is 11.1 Å². The van der Waals surface area contributed by atoms with Gasteiger partial charge in [-0.05, 0) is 36.2 Å². The van der Waals surface area contributed by atoms with Gasteiger partial charge in [0.1, 0.15) is 0 Å². The SMILES string of the molecule is CCCCCCCCCCOc1ccc(C(=O)Cl)cc1F. The molecule has 118 valence electrons. The van der Waals surface area contributed by atoms with Crippen LogP contribution in [0.3, 0.4) is 0 Å². The van der Waals surface area contributed by atoms with Crippen LogP contribution < -0.4 is 4.74 Å². The highest BCUT2D eigenvalue weighted by Gasteiger charge is 2.08. The highest BCUT2D eigenvalue weighted by molar-refractivity contribution is 6.67. The molecule has 1 aromatic rings. The Labute approximate surface area is 131 Å². The summed E-state index contributed by atoms with van der Waals surface area (Å²) in [5.74, 6) is -0.360. The fourth-order valence-corrected chi connectivity index (χ4v) is 2.28. The molecule has 0 heterocycles. The van der Waals surface area contributed by atoms with E-state index in [1.807, 2.05) is 0 Å². The second-order valence-electron chi connectivity index (χ2n) is 5.24. The lowest BCUT2D eigenvalue weighted by Crippen LogP contribution is -2.00. The predicted molar refractivity (Wildman–Crippen MR) is 84.7 cm³/mol. The lowest BCUT2D eigenvalue weighted by Gasteiger charge is -2.07. The summed E-state index contributed by atoms with van der Waals surface area (Å²) < 4.78 is 19.0. The standard InChI is InChI=1S/C17H24ClFO2/c1-2-3-4-5-6-7-8-9-12-21-16-11-10-14(17(18)20)13-15(16)19/h10-11,13H,2-9,12H2,1H3. The number of carbonyl (C=O) groups is 1. The van der Waals surface area contributed by atoms with Crippen molar-refractivity contribution >= 4 is 16.8 Å². The topological polar surface area (TPSA) is 26.3 Å². The van der Waals surface area contributed by atoms with Crippen molar-refractivity contribution < 1.29 is 13.9 Å². The number of carbonyl (C=O) groups excluding carboxylic acids is 1. The zero-order valence-corrected chi connectivity index (χ0v) is 13.4. The number of ether oxygens (including phenoxy) is 1. The zero-order valence-electron chi connectivity index (χ0n) is 12.7. The highest BCUT2D eigenvalue weighted by Crippen LogP contribution is 2.20. The summed E-state index contributed by atoms with van der Waals surface area (Å²) in [5.41, 5.74) is 0.147. The van der Waals surface area contributed by atoms with Gasteiger partial charge in [0.2, 0.25) is 0 Å². The van der Waals surface area contributed by atoms with E-state index in [4.69, 9.17) is 16.3 Å². The Morgan fingerprint density at radius 3 is 2.29 bits per heavy atom. The second-order valence-corrected chi connectivity index (χ2v) is 5.59. The van der Waals surface area contributed by atoms with Crippen LogP contribution in [0.5, 0.6) is 5.75 Å². The van der Waals surface area contributed by atoms with Gasteiger partial charge >= 0.3 is 0 Å². The summed E-state index contributed by atoms with van der Waals surface area (Å²) >= 11 is 5.29. The summed E-state index contributed by atoms with van der Waals surface area (Å²) in [5, 5.41) is -0.663. The van der Waals surface area contributed by atoms with E-state index in [0.29, 0.717) is 6.61 Å². The normalized spacial score (nSPS) is 10.6. The number of hydrogen-bond acceptors (Lipinski definition) is 2. The first-order chi connectivity index (χ1) is 10.1. The van der Waals surface area contributed by atoms with Gasteiger partial charge in [-0.15, -0.1) is 0 Å². The van der Waals surface area contributed by atoms with Crippen LogP contribution in [-0.4, -0.2) is 11.8 Å². The van der Waals surface area contributed by atoms with Crippen molar-refractivity contribution in [3.63, 3.8) is 0 Å². The van der Waals surface area contributed by atoms with Crippen molar-refractivity contribution in [2.75, 3.05) is 6.61 Å². The van der Waals surface area contributed by atoms with Crippen molar-refractivity contribution in [2.24, 2.45) is 0 Å². The largest absolute Gasteiger partial charge is 0.491 e. The van der Waals surface area contributed by atoms with E-state index in [1.54, 1.807) is 0 Å². The summed E-state index contributed by atoms with van der Waals surface area (Å²) in [7, 11) is 0. The minimum atomic E-state index is -0.663. The van der Waals surface area contributed by atoms with Gasteiger partial charge in [0.05, 0.1) is 6.61 Å². The fourth-order valence-electron chi connectivity index (χ4n) is 2.16. The predicted octanol–water partition coefficient (Wildman–Crippen LogP) is 5.72. The Bertz CT molecular complexity index is 435. The van der Waals surface area contributed by atoms with Crippen molar-refractivity contribution in [3.05, 3.63) is 29.6 Å². The van der Waals surface area contributed by atoms with Crippen LogP contribution in [0.4, 0.5) is 4.39 Å². The third-order valence-corrected chi connectivity index (χ3v) is 3.63. The van der Waals surface area contributed by atoms with Gasteiger partial charge in [0, 0.05) is 5.56 Å². The molecule has 0 aromatic heterocycles. The Morgan fingerprint density at radius 1 is 1.10 bits per heavy atom. The fraction of sp³-hybridized carbons (Fsp3) is 0.588. The third-order valence-electron chi connectivity index (χ3n) is 3.41. The Kier molecular flexibility index (Phi) is 9.07. The molecular formula is C17H24ClFO2. The molecular weight excluding hydrogens is 291 g/mol. The molecule has 0 spiro atoms. The van der Waals surface area contributed by atoms with Crippen LogP contribution in [0.15, 0.2) is 18.2 Å². The van der Waals surface area contributed by atoms with Gasteiger partial charge in [-0.25, -0.2) is 4.39 Å². The van der Waals surface area contributed by atoms with Gasteiger partial charge in [0.25, 0.3) is 5.24 Å². The summed E-state index contributed by atoms with van der Waals surface area (Å²) in [6.45, 7) is 2.71. The van der Waals surface area contributed by atoms with Gasteiger partial charge in [-0.3, -0.25) is 4.79 Å². The van der Waals surface area contributed by atoms with Crippen molar-refractivity contribution in [1.29, 1.82) is 0 Å². The van der Waals surface area contributed by atoms with Crippen LogP contribution in [0, 0.1) is 5.82 Å². The minimum absolute atomic E-state index is 0.147. The molecule has 1 rings (SSSR count). The zero-order chi connectivity index (χ0) is 15.5. The highest BCUT2D eigenvalue weighted by atomic mass is 35.5. The van der Waals surface area contributed by atoms with Crippen LogP contribution in [0.2, 0.25) is 0 Å². The van der Waals surface area contributed by atoms with Gasteiger partial charge in [-0.1, -0.05) is 51.9 Å². The molecule has 0 atom stereocenters. The Hall–Kier alpha value is -1.09. The number of hydrogen-bond donors (Lipinski definition) is 0. The minimum Gasteiger partial charge on any atom is -0.491 e. The number of halogens is 2. The van der Waals surface area contributed by atoms with E-state index in [1.165, 1.54) is 50.7 Å². The molecule has 0 radical (unpaired) electrons. The molecule has 0 saturated carbocycles. The Morgan fingerprint density at radius 2 is 1.71 bits per heavy atom. The summed E-state index contributed by atoms with van der Waals surface area (Å²) in [6.07, 6.45) is 9.71. The van der Waals surface area contributed by atoms with E-state index in [0.717, 1.165) is 18.9 Å². The first-order valence-electron chi connectivity index (χ1n) is 7.77. The average Bonchev–Trinajstić information content (AvgIpc) is 2.46. The van der Waals surface area contributed by atoms with E-state index in [2.05, 4.69) is 6.92 Å². The first-order valence-corrected chi connectivity index (χ1v) is 8.15. The van der Waals surface area contributed by atoms with E-state index in [-0.39, 0.29) is 11.3 Å². The Balaban J connectivity index is 2.14. The molecule has 0 amide bonds. The molecule has 0 unspecified atom stereocenters. The van der Waals surface area contributed by atoms with Crippen molar-refractivity contribution in [2.45, 2.75) is 58.3 Å². The van der Waals surface area contributed by atoms with Crippen LogP contribution in [0.25, 0.3) is 0 Å². The third kappa shape index (κ3) is 7.47. The molecule has 0 aliphatic rings. The number of benzene rings is 1. The lowest BCUT2D eigenvalue weighted by molar-refractivity contribution is 0.108.